The summed E-state index contributed by atoms with van der Waals surface area (Å²) in [5.74, 6) is -0.723. The monoisotopic (exact) mass is 241 g/mol. The largest absolute Gasteiger partial charge is 0.480 e. The standard InChI is InChI=1S/C13H23NO3/c1-9-6-5-7-10(8-9)14(4)11(15)13(2,3)12(16)17/h9-10H,5-8H2,1-4H3,(H,16,17). The van der Waals surface area contributed by atoms with E-state index in [-0.39, 0.29) is 11.9 Å². The normalized spacial score (nSPS) is 25.4. The molecule has 0 aromatic carbocycles. The number of hydrogen-bond acceptors (Lipinski definition) is 2. The summed E-state index contributed by atoms with van der Waals surface area (Å²) < 4.78 is 0. The first kappa shape index (κ1) is 14.0. The van der Waals surface area contributed by atoms with E-state index in [4.69, 9.17) is 5.11 Å². The number of hydrogen-bond donors (Lipinski definition) is 1. The summed E-state index contributed by atoms with van der Waals surface area (Å²) in [5.41, 5.74) is -1.32. The quantitative estimate of drug-likeness (QED) is 0.770. The third kappa shape index (κ3) is 2.99. The van der Waals surface area contributed by atoms with E-state index in [9.17, 15) is 9.59 Å². The molecular formula is C13H23NO3. The molecule has 0 heterocycles. The fourth-order valence-corrected chi connectivity index (χ4v) is 2.45. The summed E-state index contributed by atoms with van der Waals surface area (Å²) in [6, 6.07) is 0.199. The summed E-state index contributed by atoms with van der Waals surface area (Å²) in [5, 5.41) is 9.06. The lowest BCUT2D eigenvalue weighted by Crippen LogP contribution is -2.48. The molecule has 1 aliphatic rings. The molecule has 1 saturated carbocycles. The van der Waals surface area contributed by atoms with Crippen molar-refractivity contribution in [3.8, 4) is 0 Å². The van der Waals surface area contributed by atoms with Gasteiger partial charge in [0.2, 0.25) is 5.91 Å². The molecule has 1 aliphatic carbocycles. The van der Waals surface area contributed by atoms with Gasteiger partial charge in [0.1, 0.15) is 5.41 Å². The van der Waals surface area contributed by atoms with Crippen molar-refractivity contribution in [3.05, 3.63) is 0 Å². The van der Waals surface area contributed by atoms with Crippen molar-refractivity contribution < 1.29 is 14.7 Å². The minimum Gasteiger partial charge on any atom is -0.480 e. The highest BCUT2D eigenvalue weighted by molar-refractivity contribution is 6.00. The van der Waals surface area contributed by atoms with Crippen molar-refractivity contribution >= 4 is 11.9 Å². The molecule has 1 amide bonds. The summed E-state index contributed by atoms with van der Waals surface area (Å²) in [4.78, 5) is 24.9. The Morgan fingerprint density at radius 2 is 1.88 bits per heavy atom. The van der Waals surface area contributed by atoms with Gasteiger partial charge in [-0.25, -0.2) is 0 Å². The van der Waals surface area contributed by atoms with Crippen LogP contribution in [0.5, 0.6) is 0 Å². The third-order valence-corrected chi connectivity index (χ3v) is 3.85. The Morgan fingerprint density at radius 1 is 1.29 bits per heavy atom. The number of carbonyl (C=O) groups excluding carboxylic acids is 1. The minimum atomic E-state index is -1.32. The van der Waals surface area contributed by atoms with Gasteiger partial charge in [-0.1, -0.05) is 19.8 Å². The van der Waals surface area contributed by atoms with Crippen LogP contribution in [0.25, 0.3) is 0 Å². The lowest BCUT2D eigenvalue weighted by Gasteiger charge is -2.37. The lowest BCUT2D eigenvalue weighted by atomic mass is 9.84. The lowest BCUT2D eigenvalue weighted by molar-refractivity contribution is -0.159. The highest BCUT2D eigenvalue weighted by Crippen LogP contribution is 2.29. The van der Waals surface area contributed by atoms with Gasteiger partial charge in [0.25, 0.3) is 0 Å². The Bertz CT molecular complexity index is 312. The van der Waals surface area contributed by atoms with Gasteiger partial charge in [-0.05, 0) is 32.6 Å². The first-order chi connectivity index (χ1) is 7.76. The van der Waals surface area contributed by atoms with Crippen molar-refractivity contribution in [3.63, 3.8) is 0 Å². The molecule has 0 saturated heterocycles. The van der Waals surface area contributed by atoms with Crippen LogP contribution in [0.3, 0.4) is 0 Å². The summed E-state index contributed by atoms with van der Waals surface area (Å²) in [6.45, 7) is 5.13. The smallest absolute Gasteiger partial charge is 0.318 e. The van der Waals surface area contributed by atoms with Crippen molar-refractivity contribution in [2.75, 3.05) is 7.05 Å². The number of amides is 1. The predicted octanol–water partition coefficient (Wildman–Crippen LogP) is 2.13. The van der Waals surface area contributed by atoms with E-state index in [2.05, 4.69) is 6.92 Å². The Kier molecular flexibility index (Phi) is 4.17. The number of rotatable bonds is 3. The molecule has 17 heavy (non-hydrogen) atoms. The third-order valence-electron chi connectivity index (χ3n) is 3.85. The van der Waals surface area contributed by atoms with E-state index in [1.165, 1.54) is 20.3 Å². The van der Waals surface area contributed by atoms with Gasteiger partial charge >= 0.3 is 5.97 Å². The highest BCUT2D eigenvalue weighted by atomic mass is 16.4. The fraction of sp³-hybridized carbons (Fsp3) is 0.846. The molecule has 0 aromatic rings. The number of carboxylic acid groups (broad SMARTS) is 1. The minimum absolute atomic E-state index is 0.199. The second kappa shape index (κ2) is 5.07. The SMILES string of the molecule is CC1CCCC(N(C)C(=O)C(C)(C)C(=O)O)C1. The molecule has 2 unspecified atom stereocenters. The van der Waals surface area contributed by atoms with Crippen LogP contribution in [0.1, 0.15) is 46.5 Å². The molecule has 0 aliphatic heterocycles. The molecule has 1 N–H and O–H groups in total. The maximum atomic E-state index is 12.2. The summed E-state index contributed by atoms with van der Waals surface area (Å²) in [7, 11) is 1.73. The van der Waals surface area contributed by atoms with Crippen molar-refractivity contribution in [1.82, 2.24) is 4.90 Å². The van der Waals surface area contributed by atoms with E-state index in [1.807, 2.05) is 0 Å². The van der Waals surface area contributed by atoms with E-state index in [0.29, 0.717) is 5.92 Å². The van der Waals surface area contributed by atoms with Crippen molar-refractivity contribution in [1.29, 1.82) is 0 Å². The van der Waals surface area contributed by atoms with Crippen LogP contribution in [0, 0.1) is 11.3 Å². The topological polar surface area (TPSA) is 57.6 Å². The van der Waals surface area contributed by atoms with E-state index in [1.54, 1.807) is 11.9 Å². The number of carbonyl (C=O) groups is 2. The van der Waals surface area contributed by atoms with Gasteiger partial charge in [0.05, 0.1) is 0 Å². The first-order valence-corrected chi connectivity index (χ1v) is 6.27. The summed E-state index contributed by atoms with van der Waals surface area (Å²) in [6.07, 6.45) is 4.30. The summed E-state index contributed by atoms with van der Waals surface area (Å²) >= 11 is 0. The van der Waals surface area contributed by atoms with Gasteiger partial charge in [-0.2, -0.15) is 0 Å². The molecule has 0 bridgehead atoms. The van der Waals surface area contributed by atoms with Crippen molar-refractivity contribution in [2.45, 2.75) is 52.5 Å². The molecule has 2 atom stereocenters. The van der Waals surface area contributed by atoms with E-state index in [0.717, 1.165) is 19.3 Å². The Morgan fingerprint density at radius 3 is 2.35 bits per heavy atom. The van der Waals surface area contributed by atoms with E-state index < -0.39 is 11.4 Å². The molecule has 98 valence electrons. The van der Waals surface area contributed by atoms with Crippen LogP contribution in [0.15, 0.2) is 0 Å². The van der Waals surface area contributed by atoms with Gasteiger partial charge in [-0.15, -0.1) is 0 Å². The van der Waals surface area contributed by atoms with Crippen LogP contribution < -0.4 is 0 Å². The predicted molar refractivity (Wildman–Crippen MR) is 65.6 cm³/mol. The zero-order valence-electron chi connectivity index (χ0n) is 11.2. The van der Waals surface area contributed by atoms with Crippen LogP contribution in [0.4, 0.5) is 0 Å². The molecule has 4 heteroatoms. The maximum Gasteiger partial charge on any atom is 0.318 e. The Hall–Kier alpha value is -1.06. The first-order valence-electron chi connectivity index (χ1n) is 6.27. The zero-order valence-corrected chi connectivity index (χ0v) is 11.2. The molecular weight excluding hydrogens is 218 g/mol. The van der Waals surface area contributed by atoms with E-state index >= 15 is 0 Å². The van der Waals surface area contributed by atoms with Crippen LogP contribution in [-0.4, -0.2) is 35.0 Å². The average Bonchev–Trinajstić information content (AvgIpc) is 2.26. The second-order valence-electron chi connectivity index (χ2n) is 5.77. The molecule has 4 nitrogen and oxygen atoms in total. The van der Waals surface area contributed by atoms with Crippen molar-refractivity contribution in [2.24, 2.45) is 11.3 Å². The van der Waals surface area contributed by atoms with Gasteiger partial charge in [0.15, 0.2) is 0 Å². The Balaban J connectivity index is 2.72. The fourth-order valence-electron chi connectivity index (χ4n) is 2.45. The van der Waals surface area contributed by atoms with Crippen LogP contribution in [0.2, 0.25) is 0 Å². The maximum absolute atomic E-state index is 12.2. The number of nitrogens with zero attached hydrogens (tertiary/aromatic N) is 1. The van der Waals surface area contributed by atoms with Gasteiger partial charge < -0.3 is 10.0 Å². The average molecular weight is 241 g/mol. The van der Waals surface area contributed by atoms with Gasteiger partial charge in [-0.3, -0.25) is 9.59 Å². The number of aliphatic carboxylic acids is 1. The second-order valence-corrected chi connectivity index (χ2v) is 5.77. The van der Waals surface area contributed by atoms with Crippen LogP contribution in [-0.2, 0) is 9.59 Å². The molecule has 1 fully saturated rings. The highest BCUT2D eigenvalue weighted by Gasteiger charge is 2.40. The zero-order chi connectivity index (χ0) is 13.2. The van der Waals surface area contributed by atoms with Gasteiger partial charge in [0, 0.05) is 13.1 Å². The molecule has 0 aromatic heterocycles. The molecule has 0 spiro atoms. The molecule has 0 radical (unpaired) electrons. The van der Waals surface area contributed by atoms with Crippen LogP contribution >= 0.6 is 0 Å². The number of carboxylic acids is 1. The molecule has 1 rings (SSSR count). The Labute approximate surface area is 103 Å².